The fourth-order valence-electron chi connectivity index (χ4n) is 3.78. The lowest BCUT2D eigenvalue weighted by Crippen LogP contribution is -2.48. The van der Waals surface area contributed by atoms with Crippen LogP contribution in [-0.4, -0.2) is 61.1 Å². The Bertz CT molecular complexity index is 819. The molecule has 7 nitrogen and oxygen atoms in total. The highest BCUT2D eigenvalue weighted by Crippen LogP contribution is 2.32. The monoisotopic (exact) mass is 439 g/mol. The molecule has 10 heteroatoms. The molecule has 1 aromatic carbocycles. The summed E-state index contributed by atoms with van der Waals surface area (Å²) < 4.78 is 38.8. The number of alkyl halides is 3. The summed E-state index contributed by atoms with van der Waals surface area (Å²) in [5, 5.41) is 6.00. The molecule has 0 aromatic heterocycles. The van der Waals surface area contributed by atoms with Gasteiger partial charge in [0.25, 0.3) is 0 Å². The third-order valence-electron chi connectivity index (χ3n) is 5.38. The summed E-state index contributed by atoms with van der Waals surface area (Å²) in [6.07, 6.45) is 1.82. The molecule has 2 N–H and O–H groups in total. The Kier molecular flexibility index (Phi) is 7.09. The van der Waals surface area contributed by atoms with Gasteiger partial charge in [-0.2, -0.15) is 13.2 Å². The van der Waals surface area contributed by atoms with E-state index in [0.717, 1.165) is 37.8 Å². The Morgan fingerprint density at radius 1 is 1.06 bits per heavy atom. The molecule has 1 fully saturated rings. The van der Waals surface area contributed by atoms with Crippen LogP contribution in [-0.2, 0) is 11.0 Å². The van der Waals surface area contributed by atoms with Gasteiger partial charge in [0.05, 0.1) is 12.1 Å². The number of rotatable bonds is 5. The SMILES string of the molecule is CN(C)CC(=O)NC1CCC(NC(=O)N2C=CN(c3cccc(C(F)(F)F)c3)C2)CC1. The number of anilines is 1. The minimum atomic E-state index is -4.42. The summed E-state index contributed by atoms with van der Waals surface area (Å²) in [7, 11) is 3.68. The minimum absolute atomic E-state index is 0.00510. The van der Waals surface area contributed by atoms with Gasteiger partial charge in [0.1, 0.15) is 6.67 Å². The number of hydrogen-bond donors (Lipinski definition) is 2. The fraction of sp³-hybridized carbons (Fsp3) is 0.524. The van der Waals surface area contributed by atoms with E-state index >= 15 is 0 Å². The normalized spacial score (nSPS) is 21.5. The van der Waals surface area contributed by atoms with Crippen LogP contribution in [0.25, 0.3) is 0 Å². The fourth-order valence-corrected chi connectivity index (χ4v) is 3.78. The Morgan fingerprint density at radius 3 is 2.32 bits per heavy atom. The first-order valence-electron chi connectivity index (χ1n) is 10.3. The molecule has 1 heterocycles. The van der Waals surface area contributed by atoms with Crippen molar-refractivity contribution in [1.29, 1.82) is 0 Å². The van der Waals surface area contributed by atoms with Crippen molar-refractivity contribution >= 4 is 17.6 Å². The molecular formula is C21H28F3N5O2. The molecule has 1 aliphatic heterocycles. The Morgan fingerprint density at radius 2 is 1.71 bits per heavy atom. The van der Waals surface area contributed by atoms with Crippen LogP contribution in [0, 0.1) is 0 Å². The molecule has 0 saturated heterocycles. The predicted octanol–water partition coefficient (Wildman–Crippen LogP) is 2.95. The predicted molar refractivity (Wildman–Crippen MR) is 111 cm³/mol. The summed E-state index contributed by atoms with van der Waals surface area (Å²) in [4.78, 5) is 29.3. The molecule has 0 spiro atoms. The second-order valence-electron chi connectivity index (χ2n) is 8.23. The topological polar surface area (TPSA) is 67.9 Å². The highest BCUT2D eigenvalue weighted by Gasteiger charge is 2.31. The number of likely N-dealkylation sites (N-methyl/N-ethyl adjacent to an activating group) is 1. The lowest BCUT2D eigenvalue weighted by Gasteiger charge is -2.31. The van der Waals surface area contributed by atoms with Gasteiger partial charge in [-0.1, -0.05) is 6.07 Å². The summed E-state index contributed by atoms with van der Waals surface area (Å²) >= 11 is 0. The lowest BCUT2D eigenvalue weighted by atomic mass is 9.91. The van der Waals surface area contributed by atoms with Gasteiger partial charge in [0.15, 0.2) is 0 Å². The molecule has 2 aliphatic rings. The van der Waals surface area contributed by atoms with E-state index in [2.05, 4.69) is 10.6 Å². The van der Waals surface area contributed by atoms with Crippen molar-refractivity contribution < 1.29 is 22.8 Å². The zero-order chi connectivity index (χ0) is 22.6. The second kappa shape index (κ2) is 9.59. The maximum atomic E-state index is 12.9. The van der Waals surface area contributed by atoms with Crippen molar-refractivity contribution in [2.24, 2.45) is 0 Å². The third kappa shape index (κ3) is 6.36. The van der Waals surface area contributed by atoms with Crippen molar-refractivity contribution in [3.63, 3.8) is 0 Å². The average Bonchev–Trinajstić information content (AvgIpc) is 3.19. The Hall–Kier alpha value is -2.75. The van der Waals surface area contributed by atoms with Gasteiger partial charge in [-0.25, -0.2) is 4.79 Å². The first-order valence-corrected chi connectivity index (χ1v) is 10.3. The maximum absolute atomic E-state index is 12.9. The number of urea groups is 1. The summed E-state index contributed by atoms with van der Waals surface area (Å²) in [6, 6.07) is 4.85. The average molecular weight is 439 g/mol. The lowest BCUT2D eigenvalue weighted by molar-refractivity contribution is -0.137. The van der Waals surface area contributed by atoms with Gasteiger partial charge in [-0.05, 0) is 58.0 Å². The number of amides is 3. The third-order valence-corrected chi connectivity index (χ3v) is 5.38. The van der Waals surface area contributed by atoms with E-state index in [1.165, 1.54) is 11.0 Å². The molecule has 1 aromatic rings. The quantitative estimate of drug-likeness (QED) is 0.740. The van der Waals surface area contributed by atoms with E-state index in [4.69, 9.17) is 0 Å². The number of halogens is 3. The van der Waals surface area contributed by atoms with E-state index in [0.29, 0.717) is 12.2 Å². The highest BCUT2D eigenvalue weighted by atomic mass is 19.4. The number of hydrogen-bond acceptors (Lipinski definition) is 4. The standard InChI is InChI=1S/C21H28F3N5O2/c1-27(2)13-19(30)25-16-6-8-17(9-7-16)26-20(31)29-11-10-28(14-29)18-5-3-4-15(12-18)21(22,23)24/h3-5,10-12,16-17H,6-9,13-14H2,1-2H3,(H,25,30)(H,26,31). The molecule has 31 heavy (non-hydrogen) atoms. The molecule has 0 bridgehead atoms. The first kappa shape index (κ1) is 22.9. The number of nitrogens with one attached hydrogen (secondary N) is 2. The van der Waals surface area contributed by atoms with Crippen LogP contribution in [0.15, 0.2) is 36.7 Å². The summed E-state index contributed by atoms with van der Waals surface area (Å²) in [5.41, 5.74) is -0.355. The van der Waals surface area contributed by atoms with Gasteiger partial charge < -0.3 is 20.4 Å². The molecule has 1 aliphatic carbocycles. The number of nitrogens with zero attached hydrogens (tertiary/aromatic N) is 3. The van der Waals surface area contributed by atoms with E-state index in [1.807, 2.05) is 19.0 Å². The second-order valence-corrected chi connectivity index (χ2v) is 8.23. The van der Waals surface area contributed by atoms with Crippen LogP contribution < -0.4 is 15.5 Å². The molecular weight excluding hydrogens is 411 g/mol. The number of carbonyl (C=O) groups excluding carboxylic acids is 2. The zero-order valence-corrected chi connectivity index (χ0v) is 17.7. The maximum Gasteiger partial charge on any atom is 0.416 e. The van der Waals surface area contributed by atoms with Crippen molar-refractivity contribution in [2.75, 3.05) is 32.2 Å². The Labute approximate surface area is 179 Å². The van der Waals surface area contributed by atoms with Gasteiger partial charge >= 0.3 is 12.2 Å². The number of carbonyl (C=O) groups is 2. The largest absolute Gasteiger partial charge is 0.416 e. The highest BCUT2D eigenvalue weighted by molar-refractivity contribution is 5.78. The van der Waals surface area contributed by atoms with Gasteiger partial charge in [0, 0.05) is 30.2 Å². The molecule has 0 unspecified atom stereocenters. The first-order chi connectivity index (χ1) is 14.6. The van der Waals surface area contributed by atoms with Crippen LogP contribution in [0.3, 0.4) is 0 Å². The molecule has 1 saturated carbocycles. The Balaban J connectivity index is 1.46. The molecule has 0 atom stereocenters. The zero-order valence-electron chi connectivity index (χ0n) is 17.7. The molecule has 3 rings (SSSR count). The van der Waals surface area contributed by atoms with Crippen LogP contribution in [0.1, 0.15) is 31.2 Å². The van der Waals surface area contributed by atoms with Crippen molar-refractivity contribution in [1.82, 2.24) is 20.4 Å². The summed E-state index contributed by atoms with van der Waals surface area (Å²) in [6.45, 7) is 0.490. The van der Waals surface area contributed by atoms with Crippen molar-refractivity contribution in [2.45, 2.75) is 43.9 Å². The molecule has 3 amide bonds. The van der Waals surface area contributed by atoms with E-state index in [1.54, 1.807) is 23.4 Å². The van der Waals surface area contributed by atoms with Gasteiger partial charge in [-0.3, -0.25) is 9.69 Å². The molecule has 170 valence electrons. The van der Waals surface area contributed by atoms with Crippen molar-refractivity contribution in [3.8, 4) is 0 Å². The van der Waals surface area contributed by atoms with E-state index < -0.39 is 11.7 Å². The van der Waals surface area contributed by atoms with Crippen molar-refractivity contribution in [3.05, 3.63) is 42.2 Å². The minimum Gasteiger partial charge on any atom is -0.352 e. The van der Waals surface area contributed by atoms with Crippen LogP contribution in [0.5, 0.6) is 0 Å². The number of benzene rings is 1. The van der Waals surface area contributed by atoms with Crippen LogP contribution >= 0.6 is 0 Å². The molecule has 0 radical (unpaired) electrons. The van der Waals surface area contributed by atoms with Gasteiger partial charge in [-0.15, -0.1) is 0 Å². The summed E-state index contributed by atoms with van der Waals surface area (Å²) in [5.74, 6) is -0.00521. The van der Waals surface area contributed by atoms with E-state index in [-0.39, 0.29) is 30.7 Å². The van der Waals surface area contributed by atoms with Crippen LogP contribution in [0.4, 0.5) is 23.7 Å². The van der Waals surface area contributed by atoms with Gasteiger partial charge in [0.2, 0.25) is 5.91 Å². The van der Waals surface area contributed by atoms with E-state index in [9.17, 15) is 22.8 Å². The smallest absolute Gasteiger partial charge is 0.352 e. The van der Waals surface area contributed by atoms with Crippen LogP contribution in [0.2, 0.25) is 0 Å².